The fourth-order valence-corrected chi connectivity index (χ4v) is 6.24. The number of nitrogens with zero attached hydrogens (tertiary/aromatic N) is 6. The van der Waals surface area contributed by atoms with Crippen LogP contribution in [-0.2, 0) is 54.8 Å². The van der Waals surface area contributed by atoms with Crippen LogP contribution >= 0.6 is 0 Å². The third kappa shape index (κ3) is 16.7. The van der Waals surface area contributed by atoms with E-state index in [4.69, 9.17) is 9.47 Å². The smallest absolute Gasteiger partial charge is 0.408 e. The Morgan fingerprint density at radius 3 is 1.98 bits per heavy atom. The second-order valence-corrected chi connectivity index (χ2v) is 15.6. The molecule has 4 atom stereocenters. The van der Waals surface area contributed by atoms with Gasteiger partial charge in [-0.3, -0.25) is 29.5 Å². The van der Waals surface area contributed by atoms with Crippen LogP contribution < -0.4 is 21.4 Å². The lowest BCUT2D eigenvalue weighted by molar-refractivity contribution is -0.154. The maximum atomic E-state index is 14.2. The van der Waals surface area contributed by atoms with Crippen molar-refractivity contribution >= 4 is 29.8 Å². The number of ether oxygens (including phenoxy) is 2. The van der Waals surface area contributed by atoms with Gasteiger partial charge < -0.3 is 25.4 Å². The molecule has 0 bridgehead atoms. The van der Waals surface area contributed by atoms with Gasteiger partial charge in [-0.1, -0.05) is 100 Å². The van der Waals surface area contributed by atoms with E-state index in [-0.39, 0.29) is 57.5 Å². The van der Waals surface area contributed by atoms with Crippen molar-refractivity contribution in [3.05, 3.63) is 114 Å². The van der Waals surface area contributed by atoms with E-state index in [1.807, 2.05) is 60.7 Å². The molecule has 61 heavy (non-hydrogen) atoms. The van der Waals surface area contributed by atoms with Crippen LogP contribution in [0, 0.1) is 17.7 Å². The third-order valence-corrected chi connectivity index (χ3v) is 9.42. The van der Waals surface area contributed by atoms with Crippen LogP contribution in [0.4, 0.5) is 9.18 Å². The van der Waals surface area contributed by atoms with Gasteiger partial charge in [-0.25, -0.2) is 18.9 Å². The zero-order valence-electron chi connectivity index (χ0n) is 35.5. The second-order valence-electron chi connectivity index (χ2n) is 15.6. The van der Waals surface area contributed by atoms with E-state index in [9.17, 15) is 28.4 Å². The topological polar surface area (TPSA) is 202 Å². The predicted octanol–water partition coefficient (Wildman–Crippen LogP) is 3.03. The summed E-state index contributed by atoms with van der Waals surface area (Å²) in [5, 5.41) is 21.0. The summed E-state index contributed by atoms with van der Waals surface area (Å²) in [5.41, 5.74) is 5.09. The van der Waals surface area contributed by atoms with Crippen molar-refractivity contribution in [2.24, 2.45) is 11.8 Å². The molecule has 0 saturated carbocycles. The summed E-state index contributed by atoms with van der Waals surface area (Å²) >= 11 is 0. The quantitative estimate of drug-likeness (QED) is 0.0630. The van der Waals surface area contributed by atoms with Crippen molar-refractivity contribution < 1.29 is 37.8 Å². The van der Waals surface area contributed by atoms with E-state index < -0.39 is 59.8 Å². The molecule has 0 aliphatic carbocycles. The number of aromatic nitrogens is 4. The van der Waals surface area contributed by atoms with Crippen LogP contribution in [0.2, 0.25) is 0 Å². The van der Waals surface area contributed by atoms with E-state index in [0.29, 0.717) is 5.56 Å². The minimum absolute atomic E-state index is 0.00255. The van der Waals surface area contributed by atoms with Crippen LogP contribution in [0.25, 0.3) is 0 Å². The SMILES string of the molecule is CC(C)[C@H](NC(=O)CCn1cnnn1)C(=O)NN(Cc1ccc(F)cc1)C[C@H](OC(=O)CN(C)C)[C@H](Cc1ccccc1)NC(=O)[C@@H](NC(=O)OCc1ccccc1)C(C)C. The molecule has 0 aliphatic heterocycles. The number of carbonyl (C=O) groups is 5. The summed E-state index contributed by atoms with van der Waals surface area (Å²) in [6, 6.07) is 21.1. The molecule has 0 aliphatic rings. The number of likely N-dealkylation sites (N-methyl/N-ethyl adjacent to an activating group) is 1. The van der Waals surface area contributed by atoms with E-state index in [1.165, 1.54) is 28.2 Å². The Bertz CT molecular complexity index is 1970. The number of benzene rings is 3. The first-order valence-electron chi connectivity index (χ1n) is 20.1. The summed E-state index contributed by atoms with van der Waals surface area (Å²) in [6.45, 7) is 7.06. The lowest BCUT2D eigenvalue weighted by atomic mass is 9.98. The molecule has 4 N–H and O–H groups in total. The van der Waals surface area contributed by atoms with Gasteiger partial charge in [-0.05, 0) is 71.6 Å². The number of aryl methyl sites for hydroxylation is 1. The van der Waals surface area contributed by atoms with Gasteiger partial charge in [0.05, 0.1) is 25.7 Å². The number of hydrogen-bond acceptors (Lipinski definition) is 12. The van der Waals surface area contributed by atoms with E-state index in [2.05, 4.69) is 36.9 Å². The Hall–Kier alpha value is -6.27. The van der Waals surface area contributed by atoms with Crippen molar-refractivity contribution in [3.8, 4) is 0 Å². The molecule has 0 saturated heterocycles. The van der Waals surface area contributed by atoms with E-state index in [1.54, 1.807) is 58.8 Å². The van der Waals surface area contributed by atoms with Crippen molar-refractivity contribution in [1.82, 2.24) is 51.5 Å². The molecule has 0 radical (unpaired) electrons. The van der Waals surface area contributed by atoms with E-state index >= 15 is 0 Å². The summed E-state index contributed by atoms with van der Waals surface area (Å²) in [4.78, 5) is 69.5. The number of hydrazine groups is 1. The fraction of sp³-hybridized carbons (Fsp3) is 0.442. The summed E-state index contributed by atoms with van der Waals surface area (Å²) in [5.74, 6) is -3.33. The fourth-order valence-electron chi connectivity index (χ4n) is 6.24. The Balaban J connectivity index is 1.65. The van der Waals surface area contributed by atoms with Gasteiger partial charge in [-0.15, -0.1) is 5.10 Å². The number of esters is 1. The van der Waals surface area contributed by atoms with Crippen molar-refractivity contribution in [2.75, 3.05) is 27.2 Å². The van der Waals surface area contributed by atoms with Gasteiger partial charge in [0.2, 0.25) is 11.8 Å². The number of rotatable bonds is 23. The minimum atomic E-state index is -1.11. The number of amides is 4. The summed E-state index contributed by atoms with van der Waals surface area (Å²) in [6.07, 6.45) is -0.341. The highest BCUT2D eigenvalue weighted by Gasteiger charge is 2.35. The Labute approximate surface area is 355 Å². The molecule has 1 aromatic heterocycles. The Morgan fingerprint density at radius 1 is 0.770 bits per heavy atom. The molecule has 18 heteroatoms. The molecule has 4 aromatic rings. The number of alkyl carbamates (subject to hydrolysis) is 1. The highest BCUT2D eigenvalue weighted by atomic mass is 19.1. The highest BCUT2D eigenvalue weighted by Crippen LogP contribution is 2.16. The molecule has 0 spiro atoms. The van der Waals surface area contributed by atoms with Crippen molar-refractivity contribution in [3.63, 3.8) is 0 Å². The lowest BCUT2D eigenvalue weighted by Gasteiger charge is -2.35. The largest absolute Gasteiger partial charge is 0.458 e. The molecule has 17 nitrogen and oxygen atoms in total. The van der Waals surface area contributed by atoms with Gasteiger partial charge in [-0.2, -0.15) is 0 Å². The molecular formula is C43H57FN10O7. The molecule has 1 heterocycles. The standard InChI is InChI=1S/C43H57FN10O7/c1-29(2)39(48-43(59)60-27-33-15-11-8-12-16-33)41(57)46-35(23-31-13-9-7-10-14-31)36(61-38(56)26-52(5)6)25-54(24-32-17-19-34(44)20-18-32)49-42(58)40(30(3)4)47-37(55)21-22-53-28-45-50-51-53/h7-20,28-30,35-36,39-40H,21-27H2,1-6H3,(H,46,57)(H,47,55)(H,48,59)(H,49,58)/t35-,36-,39-,40-/m0/s1. The molecule has 0 unspecified atom stereocenters. The molecule has 4 amide bonds. The maximum absolute atomic E-state index is 14.2. The first-order valence-corrected chi connectivity index (χ1v) is 20.1. The van der Waals surface area contributed by atoms with E-state index in [0.717, 1.165) is 11.1 Å². The van der Waals surface area contributed by atoms with Crippen molar-refractivity contribution in [2.45, 2.75) is 84.5 Å². The van der Waals surface area contributed by atoms with Gasteiger partial charge in [0, 0.05) is 13.0 Å². The number of halogens is 1. The van der Waals surface area contributed by atoms with Crippen LogP contribution in [0.3, 0.4) is 0 Å². The zero-order valence-corrected chi connectivity index (χ0v) is 35.5. The number of carbonyl (C=O) groups excluding carboxylic acids is 5. The highest BCUT2D eigenvalue weighted by molar-refractivity contribution is 5.88. The van der Waals surface area contributed by atoms with Gasteiger partial charge in [0.15, 0.2) is 0 Å². The third-order valence-electron chi connectivity index (χ3n) is 9.42. The molecule has 4 rings (SSSR count). The maximum Gasteiger partial charge on any atom is 0.408 e. The number of nitrogens with one attached hydrogen (secondary N) is 4. The van der Waals surface area contributed by atoms with Crippen LogP contribution in [0.1, 0.15) is 50.8 Å². The monoisotopic (exact) mass is 844 g/mol. The molecular weight excluding hydrogens is 788 g/mol. The van der Waals surface area contributed by atoms with Gasteiger partial charge in [0.1, 0.15) is 36.9 Å². The second kappa shape index (κ2) is 24.1. The summed E-state index contributed by atoms with van der Waals surface area (Å²) < 4.78 is 27.0. The lowest BCUT2D eigenvalue weighted by Crippen LogP contribution is -2.60. The number of hydrogen-bond donors (Lipinski definition) is 4. The normalized spacial score (nSPS) is 13.3. The van der Waals surface area contributed by atoms with Crippen LogP contribution in [0.15, 0.2) is 91.3 Å². The number of tetrazole rings is 1. The predicted molar refractivity (Wildman–Crippen MR) is 223 cm³/mol. The Kier molecular flexibility index (Phi) is 18.7. The van der Waals surface area contributed by atoms with Gasteiger partial charge >= 0.3 is 12.1 Å². The average molecular weight is 845 g/mol. The average Bonchev–Trinajstić information content (AvgIpc) is 3.75. The van der Waals surface area contributed by atoms with Crippen LogP contribution in [0.5, 0.6) is 0 Å². The molecule has 0 fully saturated rings. The summed E-state index contributed by atoms with van der Waals surface area (Å²) in [7, 11) is 3.42. The molecule has 328 valence electrons. The minimum Gasteiger partial charge on any atom is -0.458 e. The zero-order chi connectivity index (χ0) is 44.3. The van der Waals surface area contributed by atoms with Gasteiger partial charge in [0.25, 0.3) is 5.91 Å². The molecule has 3 aromatic carbocycles. The van der Waals surface area contributed by atoms with Crippen molar-refractivity contribution in [1.29, 1.82) is 0 Å². The first-order chi connectivity index (χ1) is 29.2. The first kappa shape index (κ1) is 47.4. The van der Waals surface area contributed by atoms with Crippen LogP contribution in [-0.4, -0.2) is 111 Å². The Morgan fingerprint density at radius 2 is 1.39 bits per heavy atom.